The van der Waals surface area contributed by atoms with Gasteiger partial charge in [-0.25, -0.2) is 9.98 Å². The number of likely N-dealkylation sites (tertiary alicyclic amines) is 1. The molecule has 2 aromatic rings. The molecule has 150 valence electrons. The van der Waals surface area contributed by atoms with Gasteiger partial charge in [0.25, 0.3) is 0 Å². The summed E-state index contributed by atoms with van der Waals surface area (Å²) in [4.78, 5) is 24.5. The SMILES string of the molecule is CCNC(=NCc1sc(-c2ccccc2)nc1C)NC1CCN(C(=O)CC)C1. The van der Waals surface area contributed by atoms with E-state index in [1.165, 1.54) is 4.88 Å². The summed E-state index contributed by atoms with van der Waals surface area (Å²) in [6.45, 7) is 8.97. The first-order chi connectivity index (χ1) is 13.6. The highest BCUT2D eigenvalue weighted by molar-refractivity contribution is 7.15. The highest BCUT2D eigenvalue weighted by atomic mass is 32.1. The molecule has 2 N–H and O–H groups in total. The van der Waals surface area contributed by atoms with Crippen LogP contribution in [0.25, 0.3) is 10.6 Å². The van der Waals surface area contributed by atoms with Crippen molar-refractivity contribution in [3.05, 3.63) is 40.9 Å². The number of aliphatic imine (C=N–C) groups is 1. The van der Waals surface area contributed by atoms with Gasteiger partial charge in [-0.1, -0.05) is 37.3 Å². The Hall–Kier alpha value is -2.41. The molecular weight excluding hydrogens is 370 g/mol. The molecule has 7 heteroatoms. The van der Waals surface area contributed by atoms with Crippen LogP contribution >= 0.6 is 11.3 Å². The molecule has 1 amide bonds. The topological polar surface area (TPSA) is 69.6 Å². The molecular formula is C21H29N5OS. The van der Waals surface area contributed by atoms with Gasteiger partial charge in [0.15, 0.2) is 5.96 Å². The average Bonchev–Trinajstić information content (AvgIpc) is 3.33. The number of aromatic nitrogens is 1. The third kappa shape index (κ3) is 5.10. The van der Waals surface area contributed by atoms with Crippen LogP contribution in [0.15, 0.2) is 35.3 Å². The number of carbonyl (C=O) groups is 1. The summed E-state index contributed by atoms with van der Waals surface area (Å²) in [6, 6.07) is 10.5. The number of thiazole rings is 1. The van der Waals surface area contributed by atoms with Crippen LogP contribution in [-0.4, -0.2) is 47.4 Å². The van der Waals surface area contributed by atoms with E-state index in [0.717, 1.165) is 48.3 Å². The lowest BCUT2D eigenvalue weighted by molar-refractivity contribution is -0.129. The van der Waals surface area contributed by atoms with Crippen molar-refractivity contribution >= 4 is 23.2 Å². The first-order valence-corrected chi connectivity index (χ1v) is 10.8. The number of rotatable bonds is 6. The smallest absolute Gasteiger partial charge is 0.222 e. The second-order valence-corrected chi connectivity index (χ2v) is 8.00. The number of nitrogens with one attached hydrogen (secondary N) is 2. The predicted octanol–water partition coefficient (Wildman–Crippen LogP) is 3.18. The molecule has 0 radical (unpaired) electrons. The number of carbonyl (C=O) groups excluding carboxylic acids is 1. The molecule has 0 spiro atoms. The Morgan fingerprint density at radius 1 is 1.32 bits per heavy atom. The standard InChI is InChI=1S/C21H29N5OS/c1-4-19(27)26-12-11-17(14-26)25-21(22-5-2)23-13-18-15(3)24-20(28-18)16-9-7-6-8-10-16/h6-10,17H,4-5,11-14H2,1-3H3,(H2,22,23,25). The molecule has 1 aromatic heterocycles. The molecule has 1 unspecified atom stereocenters. The number of hydrogen-bond donors (Lipinski definition) is 2. The largest absolute Gasteiger partial charge is 0.357 e. The van der Waals surface area contributed by atoms with Gasteiger partial charge in [0.05, 0.1) is 12.2 Å². The fourth-order valence-corrected chi connectivity index (χ4v) is 4.26. The van der Waals surface area contributed by atoms with Crippen molar-refractivity contribution in [3.8, 4) is 10.6 Å². The molecule has 1 saturated heterocycles. The molecule has 1 aliphatic heterocycles. The first kappa shape index (κ1) is 20.3. The summed E-state index contributed by atoms with van der Waals surface area (Å²) in [6.07, 6.45) is 1.52. The minimum Gasteiger partial charge on any atom is -0.357 e. The van der Waals surface area contributed by atoms with Gasteiger partial charge in [-0.3, -0.25) is 4.79 Å². The van der Waals surface area contributed by atoms with E-state index in [1.54, 1.807) is 11.3 Å². The minimum absolute atomic E-state index is 0.222. The van der Waals surface area contributed by atoms with Crippen molar-refractivity contribution in [1.29, 1.82) is 0 Å². The number of benzene rings is 1. The van der Waals surface area contributed by atoms with E-state index < -0.39 is 0 Å². The lowest BCUT2D eigenvalue weighted by atomic mass is 10.2. The zero-order valence-electron chi connectivity index (χ0n) is 16.9. The van der Waals surface area contributed by atoms with Crippen molar-refractivity contribution in [2.75, 3.05) is 19.6 Å². The molecule has 1 aliphatic rings. The van der Waals surface area contributed by atoms with Crippen LogP contribution in [0.1, 0.15) is 37.3 Å². The van der Waals surface area contributed by atoms with Crippen LogP contribution in [0.3, 0.4) is 0 Å². The van der Waals surface area contributed by atoms with Crippen LogP contribution in [0.5, 0.6) is 0 Å². The van der Waals surface area contributed by atoms with E-state index in [2.05, 4.69) is 29.7 Å². The number of nitrogens with zero attached hydrogens (tertiary/aromatic N) is 3. The van der Waals surface area contributed by atoms with Gasteiger partial charge in [-0.2, -0.15) is 0 Å². The lowest BCUT2D eigenvalue weighted by Gasteiger charge is -2.18. The average molecular weight is 400 g/mol. The number of guanidine groups is 1. The number of amides is 1. The van der Waals surface area contributed by atoms with Gasteiger partial charge in [0, 0.05) is 42.5 Å². The predicted molar refractivity (Wildman–Crippen MR) is 116 cm³/mol. The molecule has 28 heavy (non-hydrogen) atoms. The molecule has 1 aromatic carbocycles. The number of aryl methyl sites for hydroxylation is 1. The van der Waals surface area contributed by atoms with Gasteiger partial charge >= 0.3 is 0 Å². The Kier molecular flexibility index (Phi) is 7.03. The molecule has 2 heterocycles. The molecule has 3 rings (SSSR count). The maximum absolute atomic E-state index is 11.9. The molecule has 1 fully saturated rings. The van der Waals surface area contributed by atoms with Gasteiger partial charge in [0.2, 0.25) is 5.91 Å². The maximum Gasteiger partial charge on any atom is 0.222 e. The fourth-order valence-electron chi connectivity index (χ4n) is 3.27. The molecule has 0 bridgehead atoms. The quantitative estimate of drug-likeness (QED) is 0.578. The highest BCUT2D eigenvalue weighted by Gasteiger charge is 2.25. The Morgan fingerprint density at radius 2 is 2.11 bits per heavy atom. The summed E-state index contributed by atoms with van der Waals surface area (Å²) in [5.41, 5.74) is 2.17. The Labute approximate surface area is 171 Å². The van der Waals surface area contributed by atoms with Crippen molar-refractivity contribution < 1.29 is 4.79 Å². The van der Waals surface area contributed by atoms with E-state index in [-0.39, 0.29) is 11.9 Å². The molecule has 0 aliphatic carbocycles. The molecule has 6 nitrogen and oxygen atoms in total. The number of hydrogen-bond acceptors (Lipinski definition) is 4. The van der Waals surface area contributed by atoms with Crippen molar-refractivity contribution in [2.45, 2.75) is 46.2 Å². The van der Waals surface area contributed by atoms with E-state index in [9.17, 15) is 4.79 Å². The summed E-state index contributed by atoms with van der Waals surface area (Å²) in [7, 11) is 0. The zero-order chi connectivity index (χ0) is 19.9. The van der Waals surface area contributed by atoms with Crippen LogP contribution in [0, 0.1) is 6.92 Å². The van der Waals surface area contributed by atoms with E-state index in [4.69, 9.17) is 9.98 Å². The zero-order valence-corrected chi connectivity index (χ0v) is 17.7. The fraction of sp³-hybridized carbons (Fsp3) is 0.476. The Morgan fingerprint density at radius 3 is 2.82 bits per heavy atom. The van der Waals surface area contributed by atoms with Gasteiger partial charge < -0.3 is 15.5 Å². The van der Waals surface area contributed by atoms with Gasteiger partial charge in [-0.05, 0) is 20.3 Å². The highest BCUT2D eigenvalue weighted by Crippen LogP contribution is 2.28. The second-order valence-electron chi connectivity index (χ2n) is 6.91. The van der Waals surface area contributed by atoms with E-state index >= 15 is 0 Å². The van der Waals surface area contributed by atoms with Crippen molar-refractivity contribution in [1.82, 2.24) is 20.5 Å². The van der Waals surface area contributed by atoms with Crippen molar-refractivity contribution in [2.24, 2.45) is 4.99 Å². The lowest BCUT2D eigenvalue weighted by Crippen LogP contribution is -2.45. The summed E-state index contributed by atoms with van der Waals surface area (Å²) < 4.78 is 0. The van der Waals surface area contributed by atoms with Crippen LogP contribution in [0.2, 0.25) is 0 Å². The van der Waals surface area contributed by atoms with E-state index in [0.29, 0.717) is 13.0 Å². The van der Waals surface area contributed by atoms with Crippen LogP contribution in [0.4, 0.5) is 0 Å². The van der Waals surface area contributed by atoms with E-state index in [1.807, 2.05) is 36.9 Å². The Balaban J connectivity index is 1.65. The van der Waals surface area contributed by atoms with Crippen molar-refractivity contribution in [3.63, 3.8) is 0 Å². The van der Waals surface area contributed by atoms with Gasteiger partial charge in [0.1, 0.15) is 5.01 Å². The Bertz CT molecular complexity index is 817. The van der Waals surface area contributed by atoms with Crippen LogP contribution in [-0.2, 0) is 11.3 Å². The summed E-state index contributed by atoms with van der Waals surface area (Å²) in [5, 5.41) is 7.83. The minimum atomic E-state index is 0.222. The third-order valence-electron chi connectivity index (χ3n) is 4.82. The maximum atomic E-state index is 11.9. The monoisotopic (exact) mass is 399 g/mol. The summed E-state index contributed by atoms with van der Waals surface area (Å²) >= 11 is 1.70. The van der Waals surface area contributed by atoms with Crippen LogP contribution < -0.4 is 10.6 Å². The molecule has 1 atom stereocenters. The summed E-state index contributed by atoms with van der Waals surface area (Å²) in [5.74, 6) is 1.02. The molecule has 0 saturated carbocycles. The second kappa shape index (κ2) is 9.68. The first-order valence-electron chi connectivity index (χ1n) is 9.95. The third-order valence-corrected chi connectivity index (χ3v) is 6.01. The normalized spacial score (nSPS) is 17.0. The van der Waals surface area contributed by atoms with Gasteiger partial charge in [-0.15, -0.1) is 11.3 Å².